The van der Waals surface area contributed by atoms with Gasteiger partial charge in [0.25, 0.3) is 6.71 Å². The van der Waals surface area contributed by atoms with Gasteiger partial charge in [0.2, 0.25) is 0 Å². The summed E-state index contributed by atoms with van der Waals surface area (Å²) in [7, 11) is 0. The number of nitrogens with zero attached hydrogens (tertiary/aromatic N) is 5. The Labute approximate surface area is 783 Å². The molecule has 2 aliphatic carbocycles. The van der Waals surface area contributed by atoms with Gasteiger partial charge in [-0.05, 0) is 240 Å². The number of fused-ring (bicyclic) bond motifs is 19. The van der Waals surface area contributed by atoms with E-state index in [1.54, 1.807) is 0 Å². The zero-order valence-corrected chi connectivity index (χ0v) is 75.0. The summed E-state index contributed by atoms with van der Waals surface area (Å²) < 4.78 is 7.66. The van der Waals surface area contributed by atoms with Crippen LogP contribution in [0.1, 0.15) is 107 Å². The van der Waals surface area contributed by atoms with Crippen molar-refractivity contribution >= 4 is 111 Å². The van der Waals surface area contributed by atoms with E-state index in [9.17, 15) is 0 Å². The molecule has 19 aromatic carbocycles. The number of benzene rings is 19. The van der Waals surface area contributed by atoms with E-state index >= 15 is 0 Å². The molecule has 6 heteroatoms. The van der Waals surface area contributed by atoms with Crippen LogP contribution in [0, 0.1) is 0 Å². The summed E-state index contributed by atoms with van der Waals surface area (Å²) in [5.74, 6) is 0. The molecule has 22 aromatic rings. The fourth-order valence-corrected chi connectivity index (χ4v) is 24.7. The van der Waals surface area contributed by atoms with Crippen LogP contribution in [0.5, 0.6) is 0 Å². The minimum absolute atomic E-state index is 0.125. The summed E-state index contributed by atoms with van der Waals surface area (Å²) in [6.07, 6.45) is 10.5. The van der Waals surface area contributed by atoms with Crippen LogP contribution in [0.2, 0.25) is 0 Å². The largest absolute Gasteiger partial charge is 0.342 e. The average molecular weight is 1720 g/mol. The van der Waals surface area contributed by atoms with E-state index in [1.165, 1.54) is 210 Å². The quantitative estimate of drug-likeness (QED) is 0.0470. The summed E-state index contributed by atoms with van der Waals surface area (Å²) in [5, 5.41) is 7.57. The highest BCUT2D eigenvalue weighted by Crippen LogP contribution is 2.60. The number of aryl methyl sites for hydroxylation is 2. The van der Waals surface area contributed by atoms with Crippen LogP contribution in [0.15, 0.2) is 449 Å². The number of aromatic nitrogens is 3. The van der Waals surface area contributed by atoms with Crippen molar-refractivity contribution in [3.63, 3.8) is 0 Å². The number of para-hydroxylation sites is 6. The lowest BCUT2D eigenvalue weighted by molar-refractivity contribution is 0.641. The third kappa shape index (κ3) is 12.4. The number of rotatable bonds is 23. The van der Waals surface area contributed by atoms with Crippen LogP contribution in [0.25, 0.3) is 127 Å². The Balaban J connectivity index is 0.585. The highest BCUT2D eigenvalue weighted by atomic mass is 15.2. The van der Waals surface area contributed by atoms with Crippen molar-refractivity contribution in [3.05, 3.63) is 505 Å². The van der Waals surface area contributed by atoms with Crippen molar-refractivity contribution < 1.29 is 0 Å². The molecule has 26 rings (SSSR count). The maximum absolute atomic E-state index is 2.81. The molecule has 0 spiro atoms. The Hall–Kier alpha value is -15.8. The molecule has 5 nitrogen and oxygen atoms in total. The smallest absolute Gasteiger partial charge is 0.252 e. The second-order valence-electron chi connectivity index (χ2n) is 37.5. The average Bonchev–Trinajstić information content (AvgIpc) is 1.61. The zero-order chi connectivity index (χ0) is 88.4. The minimum Gasteiger partial charge on any atom is -0.342 e. The SMILES string of the molecule is c1ccc(-n2c3ccccc3c3cc4c(cc32)N(CCCCCCc2ccccc2-c2ccc3c(c2)C(c2ccccc2)(c2ccccc2)c2ccccc2-3)c2cc(-n3c5ccccc5c5ccccc53)cc3c2B4c2cc4c5ccccc5n(-c5ccccc5)c4cc2N3CCCCCCc2ccccc2-c2ccc3c(c2)C(c2ccccc2)(c2ccccc2)c2ccccc2-3)cc1. The van der Waals surface area contributed by atoms with E-state index in [-0.39, 0.29) is 6.71 Å². The molecule has 134 heavy (non-hydrogen) atoms. The molecule has 0 amide bonds. The first-order valence-electron chi connectivity index (χ1n) is 48.4. The second-order valence-corrected chi connectivity index (χ2v) is 37.5. The Morgan fingerprint density at radius 2 is 0.507 bits per heavy atom. The van der Waals surface area contributed by atoms with Crippen LogP contribution in [-0.4, -0.2) is 33.5 Å². The second kappa shape index (κ2) is 32.7. The van der Waals surface area contributed by atoms with Gasteiger partial charge in [0, 0.05) is 79.5 Å². The Bertz CT molecular complexity index is 7770. The van der Waals surface area contributed by atoms with Crippen molar-refractivity contribution in [2.45, 2.75) is 75.0 Å². The molecule has 0 radical (unpaired) electrons. The maximum atomic E-state index is 2.81. The van der Waals surface area contributed by atoms with Gasteiger partial charge in [-0.2, -0.15) is 0 Å². The van der Waals surface area contributed by atoms with Crippen molar-refractivity contribution in [1.29, 1.82) is 0 Å². The molecule has 4 aliphatic rings. The number of anilines is 4. The molecule has 0 fully saturated rings. The highest BCUT2D eigenvalue weighted by molar-refractivity contribution is 7.00. The van der Waals surface area contributed by atoms with Gasteiger partial charge in [-0.1, -0.05) is 390 Å². The van der Waals surface area contributed by atoms with Gasteiger partial charge in [-0.25, -0.2) is 0 Å². The molecule has 0 N–H and O–H groups in total. The minimum atomic E-state index is -0.477. The summed E-state index contributed by atoms with van der Waals surface area (Å²) >= 11 is 0. The summed E-state index contributed by atoms with van der Waals surface area (Å²) in [4.78, 5) is 5.62. The lowest BCUT2D eigenvalue weighted by atomic mass is 9.33. The van der Waals surface area contributed by atoms with Crippen LogP contribution >= 0.6 is 0 Å². The molecular weight excluding hydrogens is 1620 g/mol. The van der Waals surface area contributed by atoms with Crippen molar-refractivity contribution in [2.75, 3.05) is 22.9 Å². The van der Waals surface area contributed by atoms with Gasteiger partial charge >= 0.3 is 0 Å². The van der Waals surface area contributed by atoms with Gasteiger partial charge in [-0.3, -0.25) is 0 Å². The van der Waals surface area contributed by atoms with E-state index in [4.69, 9.17) is 0 Å². The van der Waals surface area contributed by atoms with Gasteiger partial charge in [0.15, 0.2) is 0 Å². The first kappa shape index (κ1) is 79.2. The van der Waals surface area contributed by atoms with E-state index < -0.39 is 10.8 Å². The molecule has 638 valence electrons. The van der Waals surface area contributed by atoms with Crippen molar-refractivity contribution in [2.24, 2.45) is 0 Å². The molecule has 0 saturated carbocycles. The van der Waals surface area contributed by atoms with E-state index in [2.05, 4.69) is 472 Å². The summed E-state index contributed by atoms with van der Waals surface area (Å²) in [5.41, 5.74) is 42.7. The van der Waals surface area contributed by atoms with Crippen LogP contribution in [0.4, 0.5) is 22.7 Å². The van der Waals surface area contributed by atoms with E-state index in [0.29, 0.717) is 0 Å². The standard InChI is InChI=1S/C128H98BN5/c1(11-43-87-45-25-27-59-98(87)89-73-75-102-100-61-29-35-67-110(100)127(112(102)79-89,91-47-13-5-14-48-91)92-49-15-6-16-50-92)3-41-77-130-122-85-120-108(106-65-33-39-71-118(106)132(120)95-55-21-9-22-56-95)83-114(122)129-115-84-109-107-66-34-40-72-119(107)133(96-57-23-10-24-58-96)121(109)86-123(115)131(125-82-97(81-124(130)126(125)129)134-116-69-37-31-63-104(116)105-64-32-38-70-117(105)134)78-42-4-2-12-44-88-46-26-28-60-99(88)90-74-76-103-101-62-30-36-68-111(101)128(113(103)80-90,93-51-17-7-18-52-93)94-53-19-8-20-54-94/h5-10,13-40,45-76,79-86H,1-4,11-12,41-44,77-78H2. The number of hydrogen-bond donors (Lipinski definition) is 0. The fraction of sp³-hybridized carbons (Fsp3) is 0.109. The predicted octanol–water partition coefficient (Wildman–Crippen LogP) is 30.1. The third-order valence-electron chi connectivity index (χ3n) is 30.4. The first-order valence-corrected chi connectivity index (χ1v) is 48.4. The Morgan fingerprint density at radius 1 is 0.201 bits per heavy atom. The molecule has 0 saturated heterocycles. The van der Waals surface area contributed by atoms with Crippen LogP contribution < -0.4 is 26.2 Å². The van der Waals surface area contributed by atoms with Gasteiger partial charge in [0.1, 0.15) is 0 Å². The molecule has 0 atom stereocenters. The third-order valence-corrected chi connectivity index (χ3v) is 30.4. The van der Waals surface area contributed by atoms with Gasteiger partial charge < -0.3 is 23.5 Å². The maximum Gasteiger partial charge on any atom is 0.252 e. The molecular formula is C128H98BN5. The molecule has 0 unspecified atom stereocenters. The number of unbranched alkanes of at least 4 members (excludes halogenated alkanes) is 6. The Kier molecular flexibility index (Phi) is 19.3. The topological polar surface area (TPSA) is 21.3 Å². The summed E-state index contributed by atoms with van der Waals surface area (Å²) in [6, 6.07) is 171. The summed E-state index contributed by atoms with van der Waals surface area (Å²) in [6.45, 7) is 1.54. The van der Waals surface area contributed by atoms with Crippen LogP contribution in [0.3, 0.4) is 0 Å². The molecule has 3 aromatic heterocycles. The highest BCUT2D eigenvalue weighted by Gasteiger charge is 2.49. The van der Waals surface area contributed by atoms with Gasteiger partial charge in [0.05, 0.1) is 49.6 Å². The lowest BCUT2D eigenvalue weighted by Crippen LogP contribution is -2.62. The monoisotopic (exact) mass is 1720 g/mol. The van der Waals surface area contributed by atoms with Crippen molar-refractivity contribution in [3.8, 4) is 61.6 Å². The predicted molar refractivity (Wildman–Crippen MR) is 564 cm³/mol. The number of hydrogen-bond acceptors (Lipinski definition) is 2. The van der Waals surface area contributed by atoms with Gasteiger partial charge in [-0.15, -0.1) is 0 Å². The fourth-order valence-electron chi connectivity index (χ4n) is 24.7. The van der Waals surface area contributed by atoms with Crippen LogP contribution in [-0.2, 0) is 23.7 Å². The first-order chi connectivity index (χ1) is 66.5. The lowest BCUT2D eigenvalue weighted by Gasteiger charge is -2.45. The molecule has 0 bridgehead atoms. The zero-order valence-electron chi connectivity index (χ0n) is 75.0. The molecule has 2 aliphatic heterocycles. The molecule has 5 heterocycles. The van der Waals surface area contributed by atoms with E-state index in [0.717, 1.165) is 88.7 Å². The van der Waals surface area contributed by atoms with Crippen molar-refractivity contribution in [1.82, 2.24) is 13.7 Å². The normalized spacial score (nSPS) is 13.5. The Morgan fingerprint density at radius 3 is 0.896 bits per heavy atom. The van der Waals surface area contributed by atoms with E-state index in [1.807, 2.05) is 0 Å².